The van der Waals surface area contributed by atoms with Crippen molar-refractivity contribution < 1.29 is 0 Å². The van der Waals surface area contributed by atoms with Gasteiger partial charge in [0.1, 0.15) is 0 Å². The minimum absolute atomic E-state index is 0.858. The molecule has 0 nitrogen and oxygen atoms in total. The summed E-state index contributed by atoms with van der Waals surface area (Å²) in [5.74, 6) is 0. The van der Waals surface area contributed by atoms with Crippen LogP contribution >= 0.6 is 43.5 Å². The maximum Gasteiger partial charge on any atom is 0.0144 e. The molecule has 13 heavy (non-hydrogen) atoms. The Hall–Kier alpha value is 0.470. The molecule has 0 aromatic carbocycles. The average Bonchev–Trinajstić information content (AvgIpc) is 2.04. The highest BCUT2D eigenvalue weighted by Gasteiger charge is 2.01. The Morgan fingerprint density at radius 3 is 2.15 bits per heavy atom. The number of halogens is 3. The first kappa shape index (κ1) is 13.5. The molecule has 0 aliphatic carbocycles. The van der Waals surface area contributed by atoms with E-state index in [4.69, 9.17) is 11.6 Å². The second-order valence-electron chi connectivity index (χ2n) is 2.94. The first-order chi connectivity index (χ1) is 5.99. The second kappa shape index (κ2) is 6.86. The molecule has 0 aromatic heterocycles. The van der Waals surface area contributed by atoms with Crippen molar-refractivity contribution in [2.24, 2.45) is 0 Å². The smallest absolute Gasteiger partial charge is 0.0144 e. The predicted octanol–water partition coefficient (Wildman–Crippen LogP) is 5.49. The number of allylic oxidation sites excluding steroid dienone is 4. The van der Waals surface area contributed by atoms with Crippen molar-refractivity contribution in [1.29, 1.82) is 0 Å². The summed E-state index contributed by atoms with van der Waals surface area (Å²) in [5, 5.41) is 0. The minimum Gasteiger partial charge on any atom is -0.0926 e. The maximum atomic E-state index is 5.64. The van der Waals surface area contributed by atoms with Gasteiger partial charge in [0.15, 0.2) is 0 Å². The molecule has 74 valence electrons. The van der Waals surface area contributed by atoms with Crippen LogP contribution < -0.4 is 0 Å². The van der Waals surface area contributed by atoms with E-state index < -0.39 is 0 Å². The zero-order valence-corrected chi connectivity index (χ0v) is 11.8. The average molecular weight is 328 g/mol. The topological polar surface area (TPSA) is 0 Å². The van der Waals surface area contributed by atoms with E-state index in [0.29, 0.717) is 0 Å². The van der Waals surface area contributed by atoms with Crippen LogP contribution in [0.25, 0.3) is 0 Å². The van der Waals surface area contributed by atoms with Crippen molar-refractivity contribution >= 4 is 43.5 Å². The zero-order chi connectivity index (χ0) is 10.4. The summed E-state index contributed by atoms with van der Waals surface area (Å²) in [6.07, 6.45) is 1.87. The zero-order valence-electron chi connectivity index (χ0n) is 7.83. The van der Waals surface area contributed by atoms with Gasteiger partial charge in [-0.2, -0.15) is 0 Å². The van der Waals surface area contributed by atoms with Gasteiger partial charge >= 0.3 is 0 Å². The third-order valence-corrected chi connectivity index (χ3v) is 3.60. The molecule has 0 saturated carbocycles. The van der Waals surface area contributed by atoms with E-state index in [0.717, 1.165) is 22.9 Å². The van der Waals surface area contributed by atoms with E-state index in [1.807, 2.05) is 0 Å². The number of hydrogen-bond acceptors (Lipinski definition) is 0. The molecule has 0 N–H and O–H groups in total. The lowest BCUT2D eigenvalue weighted by molar-refractivity contribution is 0.984. The lowest BCUT2D eigenvalue weighted by atomic mass is 10.1. The van der Waals surface area contributed by atoms with Crippen LogP contribution in [-0.4, -0.2) is 0 Å². The van der Waals surface area contributed by atoms with Gasteiger partial charge in [0.05, 0.1) is 0 Å². The van der Waals surface area contributed by atoms with Crippen molar-refractivity contribution in [3.05, 3.63) is 32.2 Å². The summed E-state index contributed by atoms with van der Waals surface area (Å²) in [5.41, 5.74) is 3.91. The van der Waals surface area contributed by atoms with Crippen molar-refractivity contribution in [3.8, 4) is 0 Å². The molecule has 0 atom stereocenters. The van der Waals surface area contributed by atoms with Gasteiger partial charge < -0.3 is 0 Å². The molecule has 0 heterocycles. The SMILES string of the molecule is C=C(Br)C(=CCl)CCC(Br)=C(C)C. The highest BCUT2D eigenvalue weighted by atomic mass is 79.9. The van der Waals surface area contributed by atoms with Gasteiger partial charge in [-0.15, -0.1) is 0 Å². The van der Waals surface area contributed by atoms with Crippen LogP contribution in [0.5, 0.6) is 0 Å². The molecule has 3 heteroatoms. The van der Waals surface area contributed by atoms with E-state index in [-0.39, 0.29) is 0 Å². The highest BCUT2D eigenvalue weighted by molar-refractivity contribution is 9.12. The molecule has 0 amide bonds. The molecule has 0 rings (SSSR count). The predicted molar refractivity (Wildman–Crippen MR) is 68.5 cm³/mol. The first-order valence-corrected chi connectivity index (χ1v) is 5.97. The normalized spacial score (nSPS) is 11.3. The van der Waals surface area contributed by atoms with Crippen LogP contribution in [0.4, 0.5) is 0 Å². The van der Waals surface area contributed by atoms with Crippen LogP contribution in [0.2, 0.25) is 0 Å². The van der Waals surface area contributed by atoms with Crippen molar-refractivity contribution in [1.82, 2.24) is 0 Å². The third-order valence-electron chi connectivity index (χ3n) is 1.64. The Balaban J connectivity index is 4.18. The molecular weight excluding hydrogens is 315 g/mol. The Morgan fingerprint density at radius 2 is 1.85 bits per heavy atom. The van der Waals surface area contributed by atoms with Crippen LogP contribution in [0.1, 0.15) is 26.7 Å². The molecule has 0 unspecified atom stereocenters. The lowest BCUT2D eigenvalue weighted by Gasteiger charge is -2.04. The molecule has 0 fully saturated rings. The van der Waals surface area contributed by atoms with Gasteiger partial charge in [0, 0.05) is 10.0 Å². The monoisotopic (exact) mass is 326 g/mol. The standard InChI is InChI=1S/C10H13Br2Cl/c1-7(2)10(12)5-4-9(6-13)8(3)11/h6H,3-5H2,1-2H3. The van der Waals surface area contributed by atoms with E-state index >= 15 is 0 Å². The van der Waals surface area contributed by atoms with E-state index in [2.05, 4.69) is 52.3 Å². The fourth-order valence-electron chi connectivity index (χ4n) is 0.744. The van der Waals surface area contributed by atoms with Gasteiger partial charge in [0.2, 0.25) is 0 Å². The molecular formula is C10H13Br2Cl. The summed E-state index contributed by atoms with van der Waals surface area (Å²) >= 11 is 12.5. The van der Waals surface area contributed by atoms with Crippen LogP contribution in [0, 0.1) is 0 Å². The summed E-state index contributed by atoms with van der Waals surface area (Å²) in [7, 11) is 0. The Morgan fingerprint density at radius 1 is 1.31 bits per heavy atom. The molecule has 0 spiro atoms. The summed E-state index contributed by atoms with van der Waals surface area (Å²) < 4.78 is 2.09. The molecule has 0 bridgehead atoms. The summed E-state index contributed by atoms with van der Waals surface area (Å²) in [4.78, 5) is 0. The maximum absolute atomic E-state index is 5.64. The number of hydrogen-bond donors (Lipinski definition) is 0. The quantitative estimate of drug-likeness (QED) is 0.599. The van der Waals surface area contributed by atoms with Crippen molar-refractivity contribution in [2.75, 3.05) is 0 Å². The second-order valence-corrected chi connectivity index (χ2v) is 5.08. The van der Waals surface area contributed by atoms with Gasteiger partial charge in [-0.1, -0.05) is 55.6 Å². The van der Waals surface area contributed by atoms with E-state index in [1.165, 1.54) is 10.1 Å². The first-order valence-electron chi connectivity index (χ1n) is 3.95. The van der Waals surface area contributed by atoms with Gasteiger partial charge in [-0.05, 0) is 36.7 Å². The summed E-state index contributed by atoms with van der Waals surface area (Å²) in [6, 6.07) is 0. The molecule has 0 radical (unpaired) electrons. The van der Waals surface area contributed by atoms with Crippen molar-refractivity contribution in [3.63, 3.8) is 0 Å². The number of rotatable bonds is 4. The van der Waals surface area contributed by atoms with Gasteiger partial charge in [-0.3, -0.25) is 0 Å². The van der Waals surface area contributed by atoms with Crippen LogP contribution in [-0.2, 0) is 0 Å². The van der Waals surface area contributed by atoms with Gasteiger partial charge in [0.25, 0.3) is 0 Å². The van der Waals surface area contributed by atoms with Crippen molar-refractivity contribution in [2.45, 2.75) is 26.7 Å². The van der Waals surface area contributed by atoms with Crippen LogP contribution in [0.3, 0.4) is 0 Å². The molecule has 0 aromatic rings. The molecule has 0 aliphatic heterocycles. The Kier molecular flexibility index (Phi) is 7.10. The van der Waals surface area contributed by atoms with E-state index in [9.17, 15) is 0 Å². The third kappa shape index (κ3) is 5.71. The largest absolute Gasteiger partial charge is 0.0926 e. The lowest BCUT2D eigenvalue weighted by Crippen LogP contribution is -1.84. The molecule has 0 saturated heterocycles. The fraction of sp³-hybridized carbons (Fsp3) is 0.400. The summed E-state index contributed by atoms with van der Waals surface area (Å²) in [6.45, 7) is 7.94. The van der Waals surface area contributed by atoms with E-state index in [1.54, 1.807) is 5.54 Å². The van der Waals surface area contributed by atoms with Crippen LogP contribution in [0.15, 0.2) is 32.2 Å². The molecule has 0 aliphatic rings. The Bertz CT molecular complexity index is 248. The Labute approximate surface area is 102 Å². The van der Waals surface area contributed by atoms with Gasteiger partial charge in [-0.25, -0.2) is 0 Å². The highest BCUT2D eigenvalue weighted by Crippen LogP contribution is 2.26. The fourth-order valence-corrected chi connectivity index (χ4v) is 1.63. The minimum atomic E-state index is 0.858.